The predicted octanol–water partition coefficient (Wildman–Crippen LogP) is 2.20. The molecule has 1 heterocycles. The highest BCUT2D eigenvalue weighted by Gasteiger charge is 2.21. The Bertz CT molecular complexity index is 843. The minimum absolute atomic E-state index is 0.0336. The van der Waals surface area contributed by atoms with E-state index in [0.717, 1.165) is 26.7 Å². The van der Waals surface area contributed by atoms with Crippen LogP contribution in [0.3, 0.4) is 0 Å². The molecule has 3 rings (SSSR count). The first-order valence-corrected chi connectivity index (χ1v) is 9.46. The largest absolute Gasteiger partial charge is 0.497 e. The van der Waals surface area contributed by atoms with Crippen LogP contribution in [-0.2, 0) is 11.3 Å². The summed E-state index contributed by atoms with van der Waals surface area (Å²) in [7, 11) is 3.67. The van der Waals surface area contributed by atoms with Crippen molar-refractivity contribution in [1.29, 1.82) is 0 Å². The predicted molar refractivity (Wildman–Crippen MR) is 105 cm³/mol. The smallest absolute Gasteiger partial charge is 0.275 e. The molecule has 0 saturated heterocycles. The highest BCUT2D eigenvalue weighted by Crippen LogP contribution is 2.24. The molecule has 1 unspecified atom stereocenters. The maximum Gasteiger partial charge on any atom is 0.275 e. The lowest BCUT2D eigenvalue weighted by Crippen LogP contribution is -3.10. The molecule has 2 N–H and O–H groups in total. The summed E-state index contributed by atoms with van der Waals surface area (Å²) in [6, 6.07) is 16.0. The van der Waals surface area contributed by atoms with Crippen LogP contribution in [0.4, 0.5) is 0 Å². The van der Waals surface area contributed by atoms with Crippen molar-refractivity contribution in [1.82, 2.24) is 10.3 Å². The van der Waals surface area contributed by atoms with E-state index in [1.54, 1.807) is 18.4 Å². The first-order chi connectivity index (χ1) is 12.6. The number of hydrogen-bond donors (Lipinski definition) is 2. The molecule has 2 atom stereocenters. The number of nitrogens with zero attached hydrogens (tertiary/aromatic N) is 1. The molecule has 0 bridgehead atoms. The number of aromatic nitrogens is 1. The van der Waals surface area contributed by atoms with Gasteiger partial charge >= 0.3 is 0 Å². The zero-order valence-corrected chi connectivity index (χ0v) is 16.1. The van der Waals surface area contributed by atoms with Crippen molar-refractivity contribution in [3.63, 3.8) is 0 Å². The average Bonchev–Trinajstić information content (AvgIpc) is 3.10. The lowest BCUT2D eigenvalue weighted by Gasteiger charge is -2.19. The van der Waals surface area contributed by atoms with Crippen molar-refractivity contribution in [2.75, 3.05) is 20.7 Å². The van der Waals surface area contributed by atoms with Crippen LogP contribution in [0.5, 0.6) is 5.75 Å². The molecule has 6 heteroatoms. The van der Waals surface area contributed by atoms with E-state index in [-0.39, 0.29) is 11.9 Å². The number of hydrogen-bond acceptors (Lipinski definition) is 4. The molecular formula is C20H24N3O2S+. The van der Waals surface area contributed by atoms with Crippen molar-refractivity contribution < 1.29 is 14.4 Å². The number of benzene rings is 2. The maximum atomic E-state index is 12.3. The summed E-state index contributed by atoms with van der Waals surface area (Å²) >= 11 is 1.70. The molecule has 26 heavy (non-hydrogen) atoms. The number of rotatable bonds is 7. The van der Waals surface area contributed by atoms with Gasteiger partial charge in [0.15, 0.2) is 11.6 Å². The van der Waals surface area contributed by atoms with Gasteiger partial charge in [0.05, 0.1) is 24.4 Å². The Morgan fingerprint density at radius 2 is 1.96 bits per heavy atom. The first kappa shape index (κ1) is 18.4. The Kier molecular flexibility index (Phi) is 5.85. The Hall–Kier alpha value is -2.44. The van der Waals surface area contributed by atoms with Crippen LogP contribution >= 0.6 is 11.3 Å². The number of likely N-dealkylation sites (N-methyl/N-ethyl adjacent to an activating group) is 1. The van der Waals surface area contributed by atoms with E-state index in [2.05, 4.69) is 18.3 Å². The van der Waals surface area contributed by atoms with Gasteiger partial charge in [-0.2, -0.15) is 0 Å². The van der Waals surface area contributed by atoms with E-state index in [9.17, 15) is 4.79 Å². The van der Waals surface area contributed by atoms with Gasteiger partial charge in [-0.3, -0.25) is 4.79 Å². The van der Waals surface area contributed by atoms with E-state index in [0.29, 0.717) is 13.1 Å². The number of ether oxygens (including phenoxy) is 1. The summed E-state index contributed by atoms with van der Waals surface area (Å²) in [5.74, 6) is 0.847. The molecule has 1 amide bonds. The summed E-state index contributed by atoms with van der Waals surface area (Å²) in [6.45, 7) is 3.04. The third-order valence-electron chi connectivity index (χ3n) is 4.51. The van der Waals surface area contributed by atoms with E-state index >= 15 is 0 Å². The average molecular weight is 370 g/mol. The van der Waals surface area contributed by atoms with Crippen molar-refractivity contribution in [3.8, 4) is 5.75 Å². The molecule has 0 radical (unpaired) electrons. The fourth-order valence-electron chi connectivity index (χ4n) is 2.70. The van der Waals surface area contributed by atoms with Gasteiger partial charge in [0.1, 0.15) is 11.8 Å². The molecule has 0 saturated carbocycles. The van der Waals surface area contributed by atoms with Crippen LogP contribution < -0.4 is 15.0 Å². The fraction of sp³-hybridized carbons (Fsp3) is 0.300. The molecule has 0 aliphatic carbocycles. The Labute approximate surface area is 157 Å². The SMILES string of the molecule is COc1ccc(CNC(=O)C[NH+](C)[C@H](C)c2nc3ccccc3s2)cc1. The van der Waals surface area contributed by atoms with E-state index in [4.69, 9.17) is 9.72 Å². The molecule has 136 valence electrons. The Balaban J connectivity index is 1.54. The second-order valence-corrected chi connectivity index (χ2v) is 7.45. The fourth-order valence-corrected chi connectivity index (χ4v) is 3.81. The van der Waals surface area contributed by atoms with Crippen molar-refractivity contribution in [3.05, 3.63) is 59.1 Å². The van der Waals surface area contributed by atoms with Gasteiger partial charge in [-0.1, -0.05) is 24.3 Å². The van der Waals surface area contributed by atoms with Gasteiger partial charge in [0, 0.05) is 6.54 Å². The second-order valence-electron chi connectivity index (χ2n) is 6.39. The van der Waals surface area contributed by atoms with E-state index < -0.39 is 0 Å². The Morgan fingerprint density at radius 3 is 2.65 bits per heavy atom. The van der Waals surface area contributed by atoms with Crippen LogP contribution in [0.2, 0.25) is 0 Å². The molecule has 0 aliphatic heterocycles. The quantitative estimate of drug-likeness (QED) is 0.670. The van der Waals surface area contributed by atoms with Gasteiger partial charge < -0.3 is 15.0 Å². The van der Waals surface area contributed by atoms with E-state index in [1.807, 2.05) is 49.5 Å². The molecule has 0 fully saturated rings. The van der Waals surface area contributed by atoms with Gasteiger partial charge in [-0.15, -0.1) is 11.3 Å². The van der Waals surface area contributed by atoms with E-state index in [1.165, 1.54) is 4.70 Å². The van der Waals surface area contributed by atoms with Gasteiger partial charge in [-0.05, 0) is 36.8 Å². The summed E-state index contributed by atoms with van der Waals surface area (Å²) in [5.41, 5.74) is 2.08. The van der Waals surface area contributed by atoms with Crippen molar-refractivity contribution in [2.24, 2.45) is 0 Å². The Morgan fingerprint density at radius 1 is 1.23 bits per heavy atom. The highest BCUT2D eigenvalue weighted by atomic mass is 32.1. The topological polar surface area (TPSA) is 55.7 Å². The molecule has 0 aliphatic rings. The normalized spacial score (nSPS) is 13.3. The molecule has 0 spiro atoms. The maximum absolute atomic E-state index is 12.3. The lowest BCUT2D eigenvalue weighted by molar-refractivity contribution is -0.902. The minimum Gasteiger partial charge on any atom is -0.497 e. The number of carbonyl (C=O) groups excluding carboxylic acids is 1. The van der Waals surface area contributed by atoms with Crippen LogP contribution in [0.15, 0.2) is 48.5 Å². The number of nitrogens with one attached hydrogen (secondary N) is 2. The van der Waals surface area contributed by atoms with Gasteiger partial charge in [0.25, 0.3) is 5.91 Å². The van der Waals surface area contributed by atoms with Crippen LogP contribution in [0.25, 0.3) is 10.2 Å². The number of para-hydroxylation sites is 1. The van der Waals surface area contributed by atoms with Crippen LogP contribution in [0, 0.1) is 0 Å². The first-order valence-electron chi connectivity index (χ1n) is 8.64. The number of carbonyl (C=O) groups is 1. The summed E-state index contributed by atoms with van der Waals surface area (Å²) in [6.07, 6.45) is 0. The van der Waals surface area contributed by atoms with Gasteiger partial charge in [0.2, 0.25) is 0 Å². The molecular weight excluding hydrogens is 346 g/mol. The molecule has 1 aromatic heterocycles. The van der Waals surface area contributed by atoms with Crippen LogP contribution in [-0.4, -0.2) is 31.6 Å². The molecule has 2 aromatic carbocycles. The third kappa shape index (κ3) is 4.39. The number of quaternary nitrogens is 1. The summed E-state index contributed by atoms with van der Waals surface area (Å²) in [5, 5.41) is 4.04. The summed E-state index contributed by atoms with van der Waals surface area (Å²) in [4.78, 5) is 18.1. The van der Waals surface area contributed by atoms with Gasteiger partial charge in [-0.25, -0.2) is 4.98 Å². The lowest BCUT2D eigenvalue weighted by atomic mass is 10.2. The van der Waals surface area contributed by atoms with Crippen molar-refractivity contribution >= 4 is 27.5 Å². The number of thiazole rings is 1. The standard InChI is InChI=1S/C20H23N3O2S/c1-14(20-22-17-6-4-5-7-18(17)26-20)23(2)13-19(24)21-12-15-8-10-16(25-3)11-9-15/h4-11,14H,12-13H2,1-3H3,(H,21,24)/p+1/t14-/m1/s1. The van der Waals surface area contributed by atoms with Crippen LogP contribution in [0.1, 0.15) is 23.5 Å². The van der Waals surface area contributed by atoms with Crippen molar-refractivity contribution in [2.45, 2.75) is 19.5 Å². The number of amides is 1. The molecule has 3 aromatic rings. The zero-order chi connectivity index (χ0) is 18.5. The summed E-state index contributed by atoms with van der Waals surface area (Å²) < 4.78 is 6.33. The monoisotopic (exact) mass is 370 g/mol. The number of methoxy groups -OCH3 is 1. The minimum atomic E-state index is 0.0336. The number of fused-ring (bicyclic) bond motifs is 1. The second kappa shape index (κ2) is 8.29. The highest BCUT2D eigenvalue weighted by molar-refractivity contribution is 7.18. The zero-order valence-electron chi connectivity index (χ0n) is 15.3. The molecule has 5 nitrogen and oxygen atoms in total. The third-order valence-corrected chi connectivity index (χ3v) is 5.73.